The molecule has 4 nitrogen and oxygen atoms in total. The number of thiophene rings is 1. The van der Waals surface area contributed by atoms with Crippen LogP contribution in [0.5, 0.6) is 0 Å². The Balaban J connectivity index is 1.97. The molecule has 0 saturated carbocycles. The van der Waals surface area contributed by atoms with Crippen LogP contribution in [0.25, 0.3) is 0 Å². The zero-order valence-corrected chi connectivity index (χ0v) is 11.4. The first-order valence-electron chi connectivity index (χ1n) is 5.12. The number of nitrogens with zero attached hydrogens (tertiary/aromatic N) is 3. The van der Waals surface area contributed by atoms with E-state index in [0.717, 1.165) is 29.1 Å². The van der Waals surface area contributed by atoms with E-state index in [2.05, 4.69) is 50.6 Å². The van der Waals surface area contributed by atoms with Gasteiger partial charge in [-0.2, -0.15) is 0 Å². The number of aromatic nitrogens is 3. The number of hydrogen-bond donors (Lipinski definition) is 1. The van der Waals surface area contributed by atoms with Crippen LogP contribution in [0.1, 0.15) is 17.5 Å². The molecule has 0 bridgehead atoms. The predicted molar refractivity (Wildman–Crippen MR) is 68.5 cm³/mol. The molecular formula is C10H13BrN4S. The first kappa shape index (κ1) is 11.8. The lowest BCUT2D eigenvalue weighted by molar-refractivity contribution is 0.654. The Morgan fingerprint density at radius 3 is 3.06 bits per heavy atom. The highest BCUT2D eigenvalue weighted by Gasteiger charge is 2.02. The van der Waals surface area contributed by atoms with Crippen molar-refractivity contribution in [2.45, 2.75) is 20.0 Å². The Hall–Kier alpha value is -0.720. The van der Waals surface area contributed by atoms with Gasteiger partial charge in [-0.3, -0.25) is 0 Å². The second-order valence-corrected chi connectivity index (χ2v) is 5.94. The molecule has 2 rings (SSSR count). The fraction of sp³-hybridized carbons (Fsp3) is 0.400. The minimum Gasteiger partial charge on any atom is -0.311 e. The maximum atomic E-state index is 4.10. The Labute approximate surface area is 107 Å². The van der Waals surface area contributed by atoms with Crippen LogP contribution < -0.4 is 5.32 Å². The molecule has 2 aromatic heterocycles. The van der Waals surface area contributed by atoms with E-state index in [1.54, 1.807) is 11.3 Å². The fourth-order valence-electron chi connectivity index (χ4n) is 1.35. The standard InChI is InChI=1S/C10H13BrN4S/c1-2-12-5-8-6-15(14-13-8)7-9-3-4-10(11)16-9/h3-4,6,12H,2,5,7H2,1H3. The van der Waals surface area contributed by atoms with Crippen molar-refractivity contribution in [3.05, 3.63) is 32.7 Å². The molecule has 0 radical (unpaired) electrons. The smallest absolute Gasteiger partial charge is 0.0964 e. The summed E-state index contributed by atoms with van der Waals surface area (Å²) >= 11 is 5.17. The number of hydrogen-bond acceptors (Lipinski definition) is 4. The van der Waals surface area contributed by atoms with E-state index in [4.69, 9.17) is 0 Å². The van der Waals surface area contributed by atoms with Gasteiger partial charge in [0.2, 0.25) is 0 Å². The number of rotatable bonds is 5. The van der Waals surface area contributed by atoms with Crippen LogP contribution in [-0.4, -0.2) is 21.5 Å². The maximum Gasteiger partial charge on any atom is 0.0964 e. The van der Waals surface area contributed by atoms with Gasteiger partial charge < -0.3 is 5.32 Å². The molecule has 0 aliphatic rings. The average molecular weight is 301 g/mol. The van der Waals surface area contributed by atoms with Gasteiger partial charge >= 0.3 is 0 Å². The lowest BCUT2D eigenvalue weighted by Gasteiger charge is -1.96. The van der Waals surface area contributed by atoms with E-state index in [1.807, 2.05) is 10.9 Å². The van der Waals surface area contributed by atoms with Gasteiger partial charge in [-0.15, -0.1) is 16.4 Å². The Bertz CT molecular complexity index is 451. The van der Waals surface area contributed by atoms with Crippen LogP contribution in [0.15, 0.2) is 22.1 Å². The third-order valence-corrected chi connectivity index (χ3v) is 3.70. The molecule has 0 aliphatic heterocycles. The van der Waals surface area contributed by atoms with Gasteiger partial charge in [0.25, 0.3) is 0 Å². The van der Waals surface area contributed by atoms with Gasteiger partial charge in [0.05, 0.1) is 22.2 Å². The predicted octanol–water partition coefficient (Wildman–Crippen LogP) is 2.26. The lowest BCUT2D eigenvalue weighted by Crippen LogP contribution is -2.11. The maximum absolute atomic E-state index is 4.10. The molecule has 0 fully saturated rings. The Morgan fingerprint density at radius 1 is 1.50 bits per heavy atom. The summed E-state index contributed by atoms with van der Waals surface area (Å²) in [5.74, 6) is 0. The van der Waals surface area contributed by atoms with Crippen molar-refractivity contribution in [3.63, 3.8) is 0 Å². The van der Waals surface area contributed by atoms with E-state index in [9.17, 15) is 0 Å². The van der Waals surface area contributed by atoms with Gasteiger partial charge in [-0.05, 0) is 34.6 Å². The summed E-state index contributed by atoms with van der Waals surface area (Å²) in [5.41, 5.74) is 0.984. The summed E-state index contributed by atoms with van der Waals surface area (Å²) in [7, 11) is 0. The molecule has 2 heterocycles. The highest BCUT2D eigenvalue weighted by Crippen LogP contribution is 2.22. The van der Waals surface area contributed by atoms with Crippen LogP contribution in [0.2, 0.25) is 0 Å². The molecule has 1 N–H and O–H groups in total. The molecule has 0 aliphatic carbocycles. The van der Waals surface area contributed by atoms with E-state index in [0.29, 0.717) is 0 Å². The van der Waals surface area contributed by atoms with Gasteiger partial charge in [-0.1, -0.05) is 12.1 Å². The van der Waals surface area contributed by atoms with Crippen molar-refractivity contribution in [3.8, 4) is 0 Å². The van der Waals surface area contributed by atoms with E-state index in [-0.39, 0.29) is 0 Å². The van der Waals surface area contributed by atoms with E-state index < -0.39 is 0 Å². The summed E-state index contributed by atoms with van der Waals surface area (Å²) in [4.78, 5) is 1.27. The summed E-state index contributed by atoms with van der Waals surface area (Å²) in [6, 6.07) is 4.15. The highest BCUT2D eigenvalue weighted by atomic mass is 79.9. The van der Waals surface area contributed by atoms with Crippen molar-refractivity contribution < 1.29 is 0 Å². The second-order valence-electron chi connectivity index (χ2n) is 3.39. The quantitative estimate of drug-likeness (QED) is 0.921. The third kappa shape index (κ3) is 3.13. The zero-order chi connectivity index (χ0) is 11.4. The normalized spacial score (nSPS) is 10.9. The molecule has 0 aromatic carbocycles. The molecular weight excluding hydrogens is 288 g/mol. The average Bonchev–Trinajstić information content (AvgIpc) is 2.86. The molecule has 6 heteroatoms. The first-order chi connectivity index (χ1) is 7.78. The summed E-state index contributed by atoms with van der Waals surface area (Å²) in [5, 5.41) is 11.4. The van der Waals surface area contributed by atoms with Crippen LogP contribution in [-0.2, 0) is 13.1 Å². The van der Waals surface area contributed by atoms with Gasteiger partial charge in [-0.25, -0.2) is 4.68 Å². The van der Waals surface area contributed by atoms with Crippen LogP contribution >= 0.6 is 27.3 Å². The zero-order valence-electron chi connectivity index (χ0n) is 8.98. The summed E-state index contributed by atoms with van der Waals surface area (Å²) in [6.45, 7) is 4.60. The lowest BCUT2D eigenvalue weighted by atomic mass is 10.4. The number of halogens is 1. The largest absolute Gasteiger partial charge is 0.311 e. The topological polar surface area (TPSA) is 42.7 Å². The molecule has 0 atom stereocenters. The molecule has 0 amide bonds. The van der Waals surface area contributed by atoms with Crippen molar-refractivity contribution >= 4 is 27.3 Å². The van der Waals surface area contributed by atoms with Crippen molar-refractivity contribution in [1.29, 1.82) is 0 Å². The highest BCUT2D eigenvalue weighted by molar-refractivity contribution is 9.11. The van der Waals surface area contributed by atoms with Gasteiger partial charge in [0.15, 0.2) is 0 Å². The third-order valence-electron chi connectivity index (χ3n) is 2.09. The molecule has 86 valence electrons. The Morgan fingerprint density at radius 2 is 2.38 bits per heavy atom. The van der Waals surface area contributed by atoms with Crippen LogP contribution in [0, 0.1) is 0 Å². The van der Waals surface area contributed by atoms with Gasteiger partial charge in [0, 0.05) is 11.4 Å². The fourth-order valence-corrected chi connectivity index (χ4v) is 2.82. The molecule has 0 saturated heterocycles. The minimum absolute atomic E-state index is 0.782. The monoisotopic (exact) mass is 300 g/mol. The van der Waals surface area contributed by atoms with Crippen LogP contribution in [0.3, 0.4) is 0 Å². The minimum atomic E-state index is 0.782. The van der Waals surface area contributed by atoms with Crippen molar-refractivity contribution in [1.82, 2.24) is 20.3 Å². The number of nitrogens with one attached hydrogen (secondary N) is 1. The molecule has 0 unspecified atom stereocenters. The summed E-state index contributed by atoms with van der Waals surface area (Å²) < 4.78 is 3.01. The Kier molecular flexibility index (Phi) is 4.09. The molecule has 16 heavy (non-hydrogen) atoms. The van der Waals surface area contributed by atoms with Crippen LogP contribution in [0.4, 0.5) is 0 Å². The van der Waals surface area contributed by atoms with Gasteiger partial charge in [0.1, 0.15) is 0 Å². The summed E-state index contributed by atoms with van der Waals surface area (Å²) in [6.07, 6.45) is 1.98. The SMILES string of the molecule is CCNCc1cn(Cc2ccc(Br)s2)nn1. The van der Waals surface area contributed by atoms with Crippen molar-refractivity contribution in [2.75, 3.05) is 6.54 Å². The van der Waals surface area contributed by atoms with E-state index in [1.165, 1.54) is 4.88 Å². The molecule has 2 aromatic rings. The molecule has 0 spiro atoms. The first-order valence-corrected chi connectivity index (χ1v) is 6.73. The second kappa shape index (κ2) is 5.56. The van der Waals surface area contributed by atoms with Crippen molar-refractivity contribution in [2.24, 2.45) is 0 Å². The van der Waals surface area contributed by atoms with E-state index >= 15 is 0 Å².